The average molecular weight is 337 g/mol. The predicted octanol–water partition coefficient (Wildman–Crippen LogP) is 2.56. The number of carbonyl (C=O) groups is 1. The van der Waals surface area contributed by atoms with E-state index in [1.807, 2.05) is 41.8 Å². The van der Waals surface area contributed by atoms with E-state index in [1.54, 1.807) is 0 Å². The summed E-state index contributed by atoms with van der Waals surface area (Å²) in [6.45, 7) is 1.91. The summed E-state index contributed by atoms with van der Waals surface area (Å²) >= 11 is 3.50. The van der Waals surface area contributed by atoms with Crippen molar-refractivity contribution in [2.45, 2.75) is 12.6 Å². The van der Waals surface area contributed by atoms with Gasteiger partial charge in [-0.05, 0) is 12.1 Å². The minimum Gasteiger partial charge on any atom is -0.465 e. The van der Waals surface area contributed by atoms with E-state index < -0.39 is 0 Å². The van der Waals surface area contributed by atoms with Gasteiger partial charge < -0.3 is 4.74 Å². The molecule has 3 heterocycles. The molecule has 7 heteroatoms. The number of methoxy groups -OCH3 is 1. The zero-order valence-corrected chi connectivity index (χ0v) is 14.3. The molecule has 118 valence electrons. The quantitative estimate of drug-likeness (QED) is 0.803. The second kappa shape index (κ2) is 6.85. The topological polar surface area (TPSA) is 47.4 Å². The van der Waals surface area contributed by atoms with Gasteiger partial charge in [-0.2, -0.15) is 16.9 Å². The van der Waals surface area contributed by atoms with Crippen molar-refractivity contribution in [3.05, 3.63) is 39.8 Å². The van der Waals surface area contributed by atoms with Crippen molar-refractivity contribution in [3.8, 4) is 0 Å². The standard InChI is InChI=1S/C15H19N3O2S2/c1-17-8-11(7-16-17)13-10-21-6-5-18(13)9-12-3-4-14(22-12)15(19)20-2/h3-4,7-8,13H,5-6,9-10H2,1-2H3. The summed E-state index contributed by atoms with van der Waals surface area (Å²) in [7, 11) is 3.37. The molecule has 1 saturated heterocycles. The Morgan fingerprint density at radius 1 is 1.50 bits per heavy atom. The first-order chi connectivity index (χ1) is 10.7. The number of esters is 1. The van der Waals surface area contributed by atoms with E-state index in [1.165, 1.54) is 28.9 Å². The third kappa shape index (κ3) is 3.37. The summed E-state index contributed by atoms with van der Waals surface area (Å²) in [5.41, 5.74) is 1.26. The first-order valence-corrected chi connectivity index (χ1v) is 9.12. The van der Waals surface area contributed by atoms with Crippen LogP contribution in [0.25, 0.3) is 0 Å². The summed E-state index contributed by atoms with van der Waals surface area (Å²) in [6, 6.07) is 4.26. The Hall–Kier alpha value is -1.31. The Bertz CT molecular complexity index is 653. The van der Waals surface area contributed by atoms with Crippen LogP contribution in [-0.2, 0) is 18.3 Å². The summed E-state index contributed by atoms with van der Waals surface area (Å²) in [4.78, 5) is 15.9. The summed E-state index contributed by atoms with van der Waals surface area (Å²) in [5, 5.41) is 4.29. The van der Waals surface area contributed by atoms with Crippen molar-refractivity contribution in [2.75, 3.05) is 25.2 Å². The third-order valence-electron chi connectivity index (χ3n) is 3.76. The van der Waals surface area contributed by atoms with Gasteiger partial charge in [0.2, 0.25) is 0 Å². The van der Waals surface area contributed by atoms with Gasteiger partial charge in [0.1, 0.15) is 4.88 Å². The molecule has 1 fully saturated rings. The highest BCUT2D eigenvalue weighted by Gasteiger charge is 2.26. The Labute approximate surface area is 138 Å². The molecule has 0 bridgehead atoms. The maximum absolute atomic E-state index is 11.6. The highest BCUT2D eigenvalue weighted by molar-refractivity contribution is 7.99. The number of ether oxygens (including phenoxy) is 1. The smallest absolute Gasteiger partial charge is 0.348 e. The molecule has 0 aliphatic carbocycles. The van der Waals surface area contributed by atoms with Crippen LogP contribution in [0.15, 0.2) is 24.5 Å². The molecular formula is C15H19N3O2S2. The predicted molar refractivity (Wildman–Crippen MR) is 89.3 cm³/mol. The Morgan fingerprint density at radius 3 is 3.09 bits per heavy atom. The molecule has 0 N–H and O–H groups in total. The summed E-state index contributed by atoms with van der Waals surface area (Å²) in [6.07, 6.45) is 4.05. The maximum Gasteiger partial charge on any atom is 0.348 e. The van der Waals surface area contributed by atoms with Gasteiger partial charge >= 0.3 is 5.97 Å². The fraction of sp³-hybridized carbons (Fsp3) is 0.467. The van der Waals surface area contributed by atoms with Crippen LogP contribution in [0.5, 0.6) is 0 Å². The van der Waals surface area contributed by atoms with E-state index in [9.17, 15) is 4.79 Å². The van der Waals surface area contributed by atoms with Crippen molar-refractivity contribution in [3.63, 3.8) is 0 Å². The van der Waals surface area contributed by atoms with E-state index in [0.717, 1.165) is 24.6 Å². The molecule has 22 heavy (non-hydrogen) atoms. The van der Waals surface area contributed by atoms with Crippen molar-refractivity contribution in [2.24, 2.45) is 7.05 Å². The molecule has 1 aliphatic heterocycles. The molecule has 0 aromatic carbocycles. The molecule has 2 aromatic rings. The monoisotopic (exact) mass is 337 g/mol. The number of hydrogen-bond acceptors (Lipinski definition) is 6. The van der Waals surface area contributed by atoms with Gasteiger partial charge in [0.25, 0.3) is 0 Å². The van der Waals surface area contributed by atoms with Crippen LogP contribution in [0.2, 0.25) is 0 Å². The van der Waals surface area contributed by atoms with Crippen molar-refractivity contribution >= 4 is 29.1 Å². The lowest BCUT2D eigenvalue weighted by atomic mass is 10.1. The second-order valence-corrected chi connectivity index (χ2v) is 7.58. The molecule has 1 atom stereocenters. The van der Waals surface area contributed by atoms with Gasteiger partial charge in [0.05, 0.1) is 13.3 Å². The zero-order valence-electron chi connectivity index (χ0n) is 12.7. The molecular weight excluding hydrogens is 318 g/mol. The van der Waals surface area contributed by atoms with E-state index in [0.29, 0.717) is 10.9 Å². The van der Waals surface area contributed by atoms with Gasteiger partial charge in [0.15, 0.2) is 0 Å². The van der Waals surface area contributed by atoms with Gasteiger partial charge in [0, 0.05) is 54.3 Å². The highest BCUT2D eigenvalue weighted by atomic mass is 32.2. The lowest BCUT2D eigenvalue weighted by molar-refractivity contribution is 0.0606. The maximum atomic E-state index is 11.6. The lowest BCUT2D eigenvalue weighted by Gasteiger charge is -2.34. The molecule has 0 saturated carbocycles. The molecule has 0 radical (unpaired) electrons. The fourth-order valence-electron chi connectivity index (χ4n) is 2.62. The molecule has 5 nitrogen and oxygen atoms in total. The molecule has 0 spiro atoms. The second-order valence-electron chi connectivity index (χ2n) is 5.27. The number of rotatable bonds is 4. The number of carbonyl (C=O) groups excluding carboxylic acids is 1. The number of thioether (sulfide) groups is 1. The molecule has 1 unspecified atom stereocenters. The van der Waals surface area contributed by atoms with Crippen molar-refractivity contribution < 1.29 is 9.53 Å². The first-order valence-electron chi connectivity index (χ1n) is 7.14. The number of aromatic nitrogens is 2. The van der Waals surface area contributed by atoms with Gasteiger partial charge in [-0.15, -0.1) is 11.3 Å². The van der Waals surface area contributed by atoms with E-state index >= 15 is 0 Å². The van der Waals surface area contributed by atoms with Crippen LogP contribution in [-0.4, -0.2) is 45.8 Å². The lowest BCUT2D eigenvalue weighted by Crippen LogP contribution is -2.35. The van der Waals surface area contributed by atoms with E-state index in [2.05, 4.69) is 16.2 Å². The molecule has 3 rings (SSSR count). The largest absolute Gasteiger partial charge is 0.465 e. The Morgan fingerprint density at radius 2 is 2.36 bits per heavy atom. The average Bonchev–Trinajstić information content (AvgIpc) is 3.16. The minimum atomic E-state index is -0.255. The number of aryl methyl sites for hydroxylation is 1. The van der Waals surface area contributed by atoms with Crippen LogP contribution >= 0.6 is 23.1 Å². The fourth-order valence-corrected chi connectivity index (χ4v) is 4.73. The normalized spacial score (nSPS) is 19.3. The molecule has 1 aliphatic rings. The van der Waals surface area contributed by atoms with Crippen LogP contribution in [0.1, 0.15) is 26.2 Å². The van der Waals surface area contributed by atoms with Gasteiger partial charge in [-0.25, -0.2) is 4.79 Å². The highest BCUT2D eigenvalue weighted by Crippen LogP contribution is 2.31. The molecule has 2 aromatic heterocycles. The number of nitrogens with zero attached hydrogens (tertiary/aromatic N) is 3. The van der Waals surface area contributed by atoms with Crippen molar-refractivity contribution in [1.82, 2.24) is 14.7 Å². The summed E-state index contributed by atoms with van der Waals surface area (Å²) in [5.74, 6) is 1.97. The van der Waals surface area contributed by atoms with Crippen LogP contribution in [0.3, 0.4) is 0 Å². The zero-order chi connectivity index (χ0) is 15.5. The SMILES string of the molecule is COC(=O)c1ccc(CN2CCSCC2c2cnn(C)c2)s1. The van der Waals surface area contributed by atoms with Crippen molar-refractivity contribution in [1.29, 1.82) is 0 Å². The Kier molecular flexibility index (Phi) is 4.85. The van der Waals surface area contributed by atoms with E-state index in [4.69, 9.17) is 4.74 Å². The molecule has 0 amide bonds. The minimum absolute atomic E-state index is 0.255. The number of hydrogen-bond donors (Lipinski definition) is 0. The van der Waals surface area contributed by atoms with Crippen LogP contribution in [0.4, 0.5) is 0 Å². The van der Waals surface area contributed by atoms with Gasteiger partial charge in [-0.3, -0.25) is 9.58 Å². The summed E-state index contributed by atoms with van der Waals surface area (Å²) < 4.78 is 6.63. The van der Waals surface area contributed by atoms with Gasteiger partial charge in [-0.1, -0.05) is 0 Å². The van der Waals surface area contributed by atoms with Crippen LogP contribution < -0.4 is 0 Å². The third-order valence-corrected chi connectivity index (χ3v) is 5.83. The first kappa shape index (κ1) is 15.6. The number of thiophene rings is 1. The Balaban J connectivity index is 1.74. The van der Waals surface area contributed by atoms with Crippen LogP contribution in [0, 0.1) is 0 Å². The van der Waals surface area contributed by atoms with E-state index in [-0.39, 0.29) is 5.97 Å².